The first-order valence-electron chi connectivity index (χ1n) is 9.04. The highest BCUT2D eigenvalue weighted by Gasteiger charge is 2.26. The Labute approximate surface area is 149 Å². The van der Waals surface area contributed by atoms with Crippen LogP contribution in [0.25, 0.3) is 5.69 Å². The maximum absolute atomic E-state index is 13.4. The maximum Gasteiger partial charge on any atom is 0.123 e. The van der Waals surface area contributed by atoms with Crippen molar-refractivity contribution in [1.82, 2.24) is 4.57 Å². The highest BCUT2D eigenvalue weighted by molar-refractivity contribution is 5.48. The van der Waals surface area contributed by atoms with Crippen LogP contribution in [0.15, 0.2) is 24.3 Å². The van der Waals surface area contributed by atoms with Gasteiger partial charge >= 0.3 is 0 Å². The third-order valence-electron chi connectivity index (χ3n) is 5.29. The molecule has 1 aromatic carbocycles. The summed E-state index contributed by atoms with van der Waals surface area (Å²) >= 11 is 0. The number of rotatable bonds is 5. The number of benzene rings is 1. The second-order valence-corrected chi connectivity index (χ2v) is 6.78. The van der Waals surface area contributed by atoms with E-state index in [1.165, 1.54) is 34.6 Å². The van der Waals surface area contributed by atoms with Gasteiger partial charge in [0.1, 0.15) is 5.82 Å². The number of nitrogens with zero attached hydrogens (tertiary/aromatic N) is 2. The third kappa shape index (κ3) is 3.62. The van der Waals surface area contributed by atoms with E-state index in [-0.39, 0.29) is 5.82 Å². The highest BCUT2D eigenvalue weighted by Crippen LogP contribution is 2.37. The molecular formula is C21H25FN2O. The molecule has 0 radical (unpaired) electrons. The molecule has 1 aliphatic rings. The summed E-state index contributed by atoms with van der Waals surface area (Å²) in [4.78, 5) is 0. The fourth-order valence-corrected chi connectivity index (χ4v) is 3.88. The van der Waals surface area contributed by atoms with Crippen LogP contribution in [0.3, 0.4) is 0 Å². The van der Waals surface area contributed by atoms with Gasteiger partial charge in [-0.2, -0.15) is 5.26 Å². The van der Waals surface area contributed by atoms with Crippen LogP contribution in [0.5, 0.6) is 0 Å². The first kappa shape index (κ1) is 17.7. The number of unbranched alkanes of at least 4 members (excludes halogenated alkanes) is 1. The minimum Gasteiger partial charge on any atom is -0.381 e. The van der Waals surface area contributed by atoms with Gasteiger partial charge in [-0.25, -0.2) is 4.39 Å². The summed E-state index contributed by atoms with van der Waals surface area (Å²) in [6.07, 6.45) is 4.39. The predicted octanol–water partition coefficient (Wildman–Crippen LogP) is 4.97. The predicted molar refractivity (Wildman–Crippen MR) is 96.5 cm³/mol. The lowest BCUT2D eigenvalue weighted by molar-refractivity contribution is 0.0840. The summed E-state index contributed by atoms with van der Waals surface area (Å²) in [6.45, 7) is 5.87. The maximum atomic E-state index is 13.4. The monoisotopic (exact) mass is 340 g/mol. The Hall–Kier alpha value is -2.12. The smallest absolute Gasteiger partial charge is 0.123 e. The van der Waals surface area contributed by atoms with E-state index >= 15 is 0 Å². The summed E-state index contributed by atoms with van der Waals surface area (Å²) in [6, 6.07) is 8.99. The first-order valence-corrected chi connectivity index (χ1v) is 9.04. The summed E-state index contributed by atoms with van der Waals surface area (Å²) in [5.41, 5.74) is 6.21. The van der Waals surface area contributed by atoms with Crippen molar-refractivity contribution in [3.8, 4) is 11.8 Å². The number of hydrogen-bond acceptors (Lipinski definition) is 2. The zero-order chi connectivity index (χ0) is 17.8. The molecule has 1 aromatic heterocycles. The Bertz CT molecular complexity index is 765. The van der Waals surface area contributed by atoms with Crippen LogP contribution in [0.2, 0.25) is 0 Å². The lowest BCUT2D eigenvalue weighted by atomic mass is 9.90. The fraction of sp³-hybridized carbons (Fsp3) is 0.476. The van der Waals surface area contributed by atoms with E-state index in [1.807, 2.05) is 12.1 Å². The molecule has 0 saturated carbocycles. The lowest BCUT2D eigenvalue weighted by Gasteiger charge is -2.26. The van der Waals surface area contributed by atoms with Crippen molar-refractivity contribution >= 4 is 0 Å². The van der Waals surface area contributed by atoms with Crippen LogP contribution < -0.4 is 0 Å². The molecule has 0 spiro atoms. The Morgan fingerprint density at radius 2 is 1.88 bits per heavy atom. The van der Waals surface area contributed by atoms with Crippen LogP contribution in [0.4, 0.5) is 4.39 Å². The molecule has 1 fully saturated rings. The summed E-state index contributed by atoms with van der Waals surface area (Å²) in [7, 11) is 0. The number of ether oxygens (including phenoxy) is 1. The van der Waals surface area contributed by atoms with E-state index in [4.69, 9.17) is 10.00 Å². The van der Waals surface area contributed by atoms with E-state index in [9.17, 15) is 4.39 Å². The quantitative estimate of drug-likeness (QED) is 0.720. The largest absolute Gasteiger partial charge is 0.381 e. The van der Waals surface area contributed by atoms with E-state index < -0.39 is 0 Å². The Morgan fingerprint density at radius 1 is 1.20 bits per heavy atom. The van der Waals surface area contributed by atoms with Crippen LogP contribution in [-0.2, 0) is 11.2 Å². The van der Waals surface area contributed by atoms with E-state index in [1.54, 1.807) is 0 Å². The third-order valence-corrected chi connectivity index (χ3v) is 5.29. The molecule has 132 valence electrons. The molecule has 1 saturated heterocycles. The molecule has 0 bridgehead atoms. The first-order chi connectivity index (χ1) is 12.1. The Balaban J connectivity index is 2.10. The molecule has 3 nitrogen and oxygen atoms in total. The SMILES string of the molecule is Cc1c(CCCC#N)c(C2CCOCC2)n(-c2ccc(F)cc2)c1C. The Kier molecular flexibility index (Phi) is 5.55. The van der Waals surface area contributed by atoms with E-state index in [0.29, 0.717) is 12.3 Å². The summed E-state index contributed by atoms with van der Waals surface area (Å²) in [5.74, 6) is 0.232. The second kappa shape index (κ2) is 7.84. The lowest BCUT2D eigenvalue weighted by Crippen LogP contribution is -2.18. The molecule has 3 rings (SSSR count). The van der Waals surface area contributed by atoms with Gasteiger partial charge in [-0.1, -0.05) is 0 Å². The number of aromatic nitrogens is 1. The molecule has 25 heavy (non-hydrogen) atoms. The van der Waals surface area contributed by atoms with Crippen molar-refractivity contribution < 1.29 is 9.13 Å². The van der Waals surface area contributed by atoms with Gasteiger partial charge in [-0.05, 0) is 74.9 Å². The van der Waals surface area contributed by atoms with Crippen LogP contribution >= 0.6 is 0 Å². The van der Waals surface area contributed by atoms with Gasteiger partial charge in [0, 0.05) is 42.6 Å². The average molecular weight is 340 g/mol. The second-order valence-electron chi connectivity index (χ2n) is 6.78. The minimum absolute atomic E-state index is 0.216. The molecule has 0 unspecified atom stereocenters. The molecule has 0 aliphatic carbocycles. The zero-order valence-corrected chi connectivity index (χ0v) is 15.0. The molecule has 0 atom stereocenters. The van der Waals surface area contributed by atoms with Gasteiger partial charge in [0.25, 0.3) is 0 Å². The number of hydrogen-bond donors (Lipinski definition) is 0. The van der Waals surface area contributed by atoms with Gasteiger partial charge in [0.15, 0.2) is 0 Å². The van der Waals surface area contributed by atoms with Crippen molar-refractivity contribution in [3.05, 3.63) is 52.6 Å². The molecule has 4 heteroatoms. The summed E-state index contributed by atoms with van der Waals surface area (Å²) < 4.78 is 21.2. The zero-order valence-electron chi connectivity index (χ0n) is 15.0. The van der Waals surface area contributed by atoms with Crippen molar-refractivity contribution in [2.75, 3.05) is 13.2 Å². The van der Waals surface area contributed by atoms with E-state index in [0.717, 1.165) is 44.6 Å². The molecular weight excluding hydrogens is 315 g/mol. The van der Waals surface area contributed by atoms with Gasteiger partial charge in [0.05, 0.1) is 6.07 Å². The molecule has 2 aromatic rings. The van der Waals surface area contributed by atoms with Gasteiger partial charge in [-0.15, -0.1) is 0 Å². The normalized spacial score (nSPS) is 15.3. The molecule has 0 amide bonds. The fourth-order valence-electron chi connectivity index (χ4n) is 3.88. The van der Waals surface area contributed by atoms with Gasteiger partial charge in [0.2, 0.25) is 0 Å². The molecule has 0 N–H and O–H groups in total. The van der Waals surface area contributed by atoms with Crippen molar-refractivity contribution in [2.24, 2.45) is 0 Å². The topological polar surface area (TPSA) is 37.9 Å². The summed E-state index contributed by atoms with van der Waals surface area (Å²) in [5, 5.41) is 8.89. The Morgan fingerprint density at radius 3 is 2.52 bits per heavy atom. The molecule has 2 heterocycles. The van der Waals surface area contributed by atoms with Crippen LogP contribution in [0, 0.1) is 31.0 Å². The standard InChI is InChI=1S/C21H25FN2O/c1-15-16(2)24(19-8-6-18(22)7-9-19)21(17-10-13-25-14-11-17)20(15)5-3-4-12-23/h6-9,17H,3-5,10-11,13-14H2,1-2H3. The number of halogens is 1. The van der Waals surface area contributed by atoms with Crippen molar-refractivity contribution in [3.63, 3.8) is 0 Å². The highest BCUT2D eigenvalue weighted by atomic mass is 19.1. The molecule has 1 aliphatic heterocycles. The minimum atomic E-state index is -0.216. The van der Waals surface area contributed by atoms with Crippen LogP contribution in [0.1, 0.15) is 54.1 Å². The van der Waals surface area contributed by atoms with Gasteiger partial charge < -0.3 is 9.30 Å². The van der Waals surface area contributed by atoms with E-state index in [2.05, 4.69) is 24.5 Å². The van der Waals surface area contributed by atoms with Crippen LogP contribution in [-0.4, -0.2) is 17.8 Å². The van der Waals surface area contributed by atoms with Gasteiger partial charge in [-0.3, -0.25) is 0 Å². The number of nitriles is 1. The average Bonchev–Trinajstić information content (AvgIpc) is 2.88. The van der Waals surface area contributed by atoms with Crippen molar-refractivity contribution in [2.45, 2.75) is 51.9 Å². The van der Waals surface area contributed by atoms with Crippen molar-refractivity contribution in [1.29, 1.82) is 5.26 Å².